The molecule has 19 heavy (non-hydrogen) atoms. The number of rotatable bonds is 4. The Bertz CT molecular complexity index is 483. The summed E-state index contributed by atoms with van der Waals surface area (Å²) in [5, 5.41) is 8.91. The third kappa shape index (κ3) is 3.01. The molecular formula is C13H20N4O2. The highest BCUT2D eigenvalue weighted by Gasteiger charge is 2.36. The summed E-state index contributed by atoms with van der Waals surface area (Å²) >= 11 is 0. The highest BCUT2D eigenvalue weighted by molar-refractivity contribution is 5.92. The minimum absolute atomic E-state index is 0.0534. The van der Waals surface area contributed by atoms with E-state index in [0.717, 1.165) is 12.8 Å². The fraction of sp³-hybridized carbons (Fsp3) is 0.615. The molecule has 1 amide bonds. The maximum Gasteiger partial charge on any atom is 0.271 e. The van der Waals surface area contributed by atoms with Crippen LogP contribution in [0.5, 0.6) is 0 Å². The molecule has 1 saturated carbocycles. The molecule has 0 spiro atoms. The summed E-state index contributed by atoms with van der Waals surface area (Å²) in [5.74, 6) is -0.246. The number of nitrogens with one attached hydrogen (secondary N) is 2. The maximum absolute atomic E-state index is 12.0. The summed E-state index contributed by atoms with van der Waals surface area (Å²) < 4.78 is 0. The summed E-state index contributed by atoms with van der Waals surface area (Å²) in [5.41, 5.74) is -0.0127. The predicted octanol–water partition coefficient (Wildman–Crippen LogP) is 0.374. The third-order valence-corrected chi connectivity index (χ3v) is 3.97. The van der Waals surface area contributed by atoms with Gasteiger partial charge in [-0.3, -0.25) is 9.59 Å². The second-order valence-corrected chi connectivity index (χ2v) is 5.31. The standard InChI is InChI=1S/C13H20N4O2/c1-17(2)13(7-3-4-8-13)9-14-12(19)10-5-6-11(18)16-15-10/h5-6H,3-4,7-9H2,1-2H3,(H,14,19)(H,16,18). The van der Waals surface area contributed by atoms with Crippen LogP contribution in [-0.2, 0) is 0 Å². The molecule has 6 heteroatoms. The average molecular weight is 264 g/mol. The maximum atomic E-state index is 12.0. The zero-order chi connectivity index (χ0) is 13.9. The molecule has 1 fully saturated rings. The Morgan fingerprint density at radius 2 is 2.11 bits per heavy atom. The zero-order valence-corrected chi connectivity index (χ0v) is 11.4. The lowest BCUT2D eigenvalue weighted by Gasteiger charge is -2.36. The van der Waals surface area contributed by atoms with Crippen LogP contribution in [-0.4, -0.2) is 47.2 Å². The Morgan fingerprint density at radius 3 is 2.63 bits per heavy atom. The molecule has 104 valence electrons. The van der Waals surface area contributed by atoms with Crippen LogP contribution in [0.4, 0.5) is 0 Å². The van der Waals surface area contributed by atoms with E-state index in [0.29, 0.717) is 6.54 Å². The van der Waals surface area contributed by atoms with E-state index in [1.165, 1.54) is 25.0 Å². The van der Waals surface area contributed by atoms with Crippen LogP contribution < -0.4 is 10.9 Å². The van der Waals surface area contributed by atoms with Gasteiger partial charge in [-0.2, -0.15) is 5.10 Å². The van der Waals surface area contributed by atoms with Crippen molar-refractivity contribution in [1.82, 2.24) is 20.4 Å². The van der Waals surface area contributed by atoms with E-state index >= 15 is 0 Å². The van der Waals surface area contributed by atoms with E-state index in [1.54, 1.807) is 0 Å². The second kappa shape index (κ2) is 5.52. The lowest BCUT2D eigenvalue weighted by molar-refractivity contribution is 0.0894. The van der Waals surface area contributed by atoms with Gasteiger partial charge < -0.3 is 10.2 Å². The molecule has 0 bridgehead atoms. The SMILES string of the molecule is CN(C)C1(CNC(=O)c2ccc(=O)[nH]n2)CCCC1. The Morgan fingerprint density at radius 1 is 1.42 bits per heavy atom. The van der Waals surface area contributed by atoms with Crippen molar-refractivity contribution in [2.45, 2.75) is 31.2 Å². The normalized spacial score (nSPS) is 17.6. The van der Waals surface area contributed by atoms with E-state index < -0.39 is 0 Å². The molecule has 6 nitrogen and oxygen atoms in total. The summed E-state index contributed by atoms with van der Waals surface area (Å²) in [6, 6.07) is 2.74. The van der Waals surface area contributed by atoms with Crippen molar-refractivity contribution in [2.24, 2.45) is 0 Å². The quantitative estimate of drug-likeness (QED) is 0.824. The summed E-state index contributed by atoms with van der Waals surface area (Å²) in [7, 11) is 4.10. The van der Waals surface area contributed by atoms with Crippen LogP contribution in [0, 0.1) is 0 Å². The first-order chi connectivity index (χ1) is 9.03. The van der Waals surface area contributed by atoms with Crippen molar-refractivity contribution < 1.29 is 4.79 Å². The highest BCUT2D eigenvalue weighted by atomic mass is 16.2. The number of nitrogens with zero attached hydrogens (tertiary/aromatic N) is 2. The van der Waals surface area contributed by atoms with E-state index in [2.05, 4.69) is 34.5 Å². The predicted molar refractivity (Wildman–Crippen MR) is 72.1 cm³/mol. The molecule has 0 atom stereocenters. The van der Waals surface area contributed by atoms with Crippen LogP contribution in [0.1, 0.15) is 36.2 Å². The van der Waals surface area contributed by atoms with Gasteiger partial charge >= 0.3 is 0 Å². The number of carbonyl (C=O) groups is 1. The molecule has 0 aliphatic heterocycles. The zero-order valence-electron chi connectivity index (χ0n) is 11.4. The molecule has 2 rings (SSSR count). The minimum Gasteiger partial charge on any atom is -0.349 e. The molecular weight excluding hydrogens is 244 g/mol. The Hall–Kier alpha value is -1.69. The van der Waals surface area contributed by atoms with Crippen LogP contribution >= 0.6 is 0 Å². The number of hydrogen-bond donors (Lipinski definition) is 2. The van der Waals surface area contributed by atoms with Crippen LogP contribution in [0.2, 0.25) is 0 Å². The van der Waals surface area contributed by atoms with Gasteiger partial charge in [0.2, 0.25) is 0 Å². The fourth-order valence-electron chi connectivity index (χ4n) is 2.62. The fourth-order valence-corrected chi connectivity index (χ4v) is 2.62. The van der Waals surface area contributed by atoms with E-state index in [1.807, 2.05) is 0 Å². The lowest BCUT2D eigenvalue weighted by Crippen LogP contribution is -2.50. The lowest BCUT2D eigenvalue weighted by atomic mass is 9.96. The van der Waals surface area contributed by atoms with Gasteiger partial charge in [0.25, 0.3) is 11.5 Å². The molecule has 0 radical (unpaired) electrons. The third-order valence-electron chi connectivity index (χ3n) is 3.97. The van der Waals surface area contributed by atoms with Gasteiger partial charge in [-0.15, -0.1) is 0 Å². The average Bonchev–Trinajstić information content (AvgIpc) is 2.87. The monoisotopic (exact) mass is 264 g/mol. The number of hydrogen-bond acceptors (Lipinski definition) is 4. The highest BCUT2D eigenvalue weighted by Crippen LogP contribution is 2.33. The molecule has 1 aromatic rings. The summed E-state index contributed by atoms with van der Waals surface area (Å²) in [4.78, 5) is 25.1. The number of amides is 1. The molecule has 2 N–H and O–H groups in total. The number of H-pyrrole nitrogens is 1. The largest absolute Gasteiger partial charge is 0.349 e. The molecule has 0 aromatic carbocycles. The van der Waals surface area contributed by atoms with Gasteiger partial charge in [0.1, 0.15) is 5.69 Å². The van der Waals surface area contributed by atoms with Gasteiger partial charge in [0.05, 0.1) is 0 Å². The number of aromatic nitrogens is 2. The molecule has 0 unspecified atom stereocenters. The molecule has 1 heterocycles. The van der Waals surface area contributed by atoms with E-state index in [-0.39, 0.29) is 22.7 Å². The van der Waals surface area contributed by atoms with Crippen molar-refractivity contribution in [3.63, 3.8) is 0 Å². The smallest absolute Gasteiger partial charge is 0.271 e. The van der Waals surface area contributed by atoms with Gasteiger partial charge in [-0.25, -0.2) is 5.10 Å². The van der Waals surface area contributed by atoms with Crippen molar-refractivity contribution in [3.05, 3.63) is 28.2 Å². The van der Waals surface area contributed by atoms with Crippen molar-refractivity contribution in [1.29, 1.82) is 0 Å². The van der Waals surface area contributed by atoms with Gasteiger partial charge in [-0.1, -0.05) is 12.8 Å². The second-order valence-electron chi connectivity index (χ2n) is 5.31. The van der Waals surface area contributed by atoms with E-state index in [4.69, 9.17) is 0 Å². The Kier molecular flexibility index (Phi) is 3.99. The Balaban J connectivity index is 1.99. The van der Waals surface area contributed by atoms with Crippen molar-refractivity contribution in [3.8, 4) is 0 Å². The number of likely N-dealkylation sites (N-methyl/N-ethyl adjacent to an activating group) is 1. The first kappa shape index (κ1) is 13.7. The summed E-state index contributed by atoms with van der Waals surface area (Å²) in [6.45, 7) is 0.611. The molecule has 1 aliphatic rings. The molecule has 1 aromatic heterocycles. The first-order valence-corrected chi connectivity index (χ1v) is 6.55. The number of aromatic amines is 1. The minimum atomic E-state index is -0.308. The van der Waals surface area contributed by atoms with Crippen molar-refractivity contribution in [2.75, 3.05) is 20.6 Å². The van der Waals surface area contributed by atoms with Gasteiger partial charge in [0, 0.05) is 18.2 Å². The topological polar surface area (TPSA) is 78.1 Å². The number of carbonyl (C=O) groups excluding carboxylic acids is 1. The molecule has 0 saturated heterocycles. The van der Waals surface area contributed by atoms with Gasteiger partial charge in [-0.05, 0) is 33.0 Å². The van der Waals surface area contributed by atoms with Crippen molar-refractivity contribution >= 4 is 5.91 Å². The van der Waals surface area contributed by atoms with Crippen LogP contribution in [0.25, 0.3) is 0 Å². The van der Waals surface area contributed by atoms with Gasteiger partial charge in [0.15, 0.2) is 0 Å². The molecule has 1 aliphatic carbocycles. The Labute approximate surface area is 112 Å². The summed E-state index contributed by atoms with van der Waals surface area (Å²) in [6.07, 6.45) is 4.59. The first-order valence-electron chi connectivity index (χ1n) is 6.55. The van der Waals surface area contributed by atoms with Crippen LogP contribution in [0.3, 0.4) is 0 Å². The van der Waals surface area contributed by atoms with Crippen LogP contribution in [0.15, 0.2) is 16.9 Å². The van der Waals surface area contributed by atoms with E-state index in [9.17, 15) is 9.59 Å².